The largest absolute Gasteiger partial charge is 0.493 e. The molecule has 180 valence electrons. The van der Waals surface area contributed by atoms with Gasteiger partial charge in [-0.3, -0.25) is 19.3 Å². The quantitative estimate of drug-likeness (QED) is 0.498. The van der Waals surface area contributed by atoms with Gasteiger partial charge in [-0.15, -0.1) is 0 Å². The molecule has 0 bridgehead atoms. The molecule has 0 aromatic heterocycles. The molecule has 1 aliphatic heterocycles. The van der Waals surface area contributed by atoms with Gasteiger partial charge in [-0.2, -0.15) is 8.78 Å². The van der Waals surface area contributed by atoms with Gasteiger partial charge in [-0.25, -0.2) is 4.39 Å². The zero-order valence-corrected chi connectivity index (χ0v) is 18.9. The number of aryl methyl sites for hydroxylation is 1. The van der Waals surface area contributed by atoms with E-state index in [-0.39, 0.29) is 54.1 Å². The molecule has 0 spiro atoms. The zero-order valence-electron chi connectivity index (χ0n) is 18.1. The molecule has 0 atom stereocenters. The van der Waals surface area contributed by atoms with E-state index in [0.29, 0.717) is 11.1 Å². The van der Waals surface area contributed by atoms with Gasteiger partial charge in [0.25, 0.3) is 11.1 Å². The Labute approximate surface area is 197 Å². The fraction of sp³-hybridized carbons (Fsp3) is 0.261. The van der Waals surface area contributed by atoms with Gasteiger partial charge in [0, 0.05) is 19.5 Å². The highest BCUT2D eigenvalue weighted by atomic mass is 32.2. The summed E-state index contributed by atoms with van der Waals surface area (Å²) in [6.07, 6.45) is 1.73. The number of hydrogen-bond donors (Lipinski definition) is 1. The average molecular weight is 494 g/mol. The smallest absolute Gasteiger partial charge is 0.387 e. The molecule has 1 N–H and O–H groups in total. The Balaban J connectivity index is 1.54. The Kier molecular flexibility index (Phi) is 8.58. The predicted octanol–water partition coefficient (Wildman–Crippen LogP) is 4.22. The van der Waals surface area contributed by atoms with Crippen molar-refractivity contribution in [3.63, 3.8) is 0 Å². The van der Waals surface area contributed by atoms with Crippen LogP contribution in [0, 0.1) is 5.82 Å². The highest BCUT2D eigenvalue weighted by Crippen LogP contribution is 2.34. The third-order valence-corrected chi connectivity index (χ3v) is 5.72. The van der Waals surface area contributed by atoms with Crippen molar-refractivity contribution in [2.75, 3.05) is 20.2 Å². The number of thioether (sulfide) groups is 1. The van der Waals surface area contributed by atoms with E-state index in [2.05, 4.69) is 10.1 Å². The number of carbonyl (C=O) groups excluding carboxylic acids is 3. The normalized spacial score (nSPS) is 14.7. The number of alkyl halides is 2. The molecule has 3 amide bonds. The van der Waals surface area contributed by atoms with E-state index in [1.165, 1.54) is 37.5 Å². The molecule has 0 unspecified atom stereocenters. The maximum absolute atomic E-state index is 13.6. The SMILES string of the molecule is COc1cc(/C=C2\SC(=O)N(CCNC(=O)CCc3ccccc3F)C2=O)ccc1OC(F)F. The third-order valence-electron chi connectivity index (χ3n) is 4.81. The lowest BCUT2D eigenvalue weighted by molar-refractivity contribution is -0.124. The molecule has 0 aliphatic carbocycles. The molecular weight excluding hydrogens is 473 g/mol. The van der Waals surface area contributed by atoms with Crippen molar-refractivity contribution in [3.05, 3.63) is 64.3 Å². The second kappa shape index (κ2) is 11.6. The van der Waals surface area contributed by atoms with E-state index in [4.69, 9.17) is 4.74 Å². The second-order valence-corrected chi connectivity index (χ2v) is 8.06. The molecule has 1 saturated heterocycles. The monoisotopic (exact) mass is 494 g/mol. The number of nitrogens with one attached hydrogen (secondary N) is 1. The summed E-state index contributed by atoms with van der Waals surface area (Å²) in [5.41, 5.74) is 0.879. The van der Waals surface area contributed by atoms with E-state index in [1.807, 2.05) is 0 Å². The van der Waals surface area contributed by atoms with Crippen LogP contribution < -0.4 is 14.8 Å². The van der Waals surface area contributed by atoms with Gasteiger partial charge in [-0.1, -0.05) is 24.3 Å². The van der Waals surface area contributed by atoms with Gasteiger partial charge in [0.1, 0.15) is 5.82 Å². The Morgan fingerprint density at radius 2 is 1.94 bits per heavy atom. The van der Waals surface area contributed by atoms with Gasteiger partial charge in [0.15, 0.2) is 11.5 Å². The first-order valence-corrected chi connectivity index (χ1v) is 11.0. The van der Waals surface area contributed by atoms with Gasteiger partial charge < -0.3 is 14.8 Å². The highest BCUT2D eigenvalue weighted by Gasteiger charge is 2.34. The lowest BCUT2D eigenvalue weighted by Crippen LogP contribution is -2.37. The van der Waals surface area contributed by atoms with Crippen LogP contribution in [0.1, 0.15) is 17.5 Å². The molecule has 7 nitrogen and oxygen atoms in total. The number of amides is 3. The van der Waals surface area contributed by atoms with E-state index >= 15 is 0 Å². The van der Waals surface area contributed by atoms with Gasteiger partial charge in [0.05, 0.1) is 12.0 Å². The van der Waals surface area contributed by atoms with Crippen LogP contribution in [0.5, 0.6) is 11.5 Å². The lowest BCUT2D eigenvalue weighted by Gasteiger charge is -2.13. The standard InChI is InChI=1S/C23H21F3N2O5S/c1-32-18-12-14(6-8-17(18)33-22(25)26)13-19-21(30)28(23(31)34-19)11-10-27-20(29)9-7-15-4-2-3-5-16(15)24/h2-6,8,12-13,22H,7,9-11H2,1H3,(H,27,29)/b19-13-. The van der Waals surface area contributed by atoms with Crippen LogP contribution in [0.2, 0.25) is 0 Å². The summed E-state index contributed by atoms with van der Waals surface area (Å²) in [4.78, 5) is 38.0. The number of methoxy groups -OCH3 is 1. The molecule has 2 aromatic rings. The first-order valence-electron chi connectivity index (χ1n) is 10.2. The van der Waals surface area contributed by atoms with Crippen molar-refractivity contribution >= 4 is 34.9 Å². The van der Waals surface area contributed by atoms with E-state index in [1.54, 1.807) is 18.2 Å². The number of hydrogen-bond acceptors (Lipinski definition) is 6. The summed E-state index contributed by atoms with van der Waals surface area (Å²) in [6.45, 7) is -3.00. The van der Waals surface area contributed by atoms with Crippen molar-refractivity contribution in [1.82, 2.24) is 10.2 Å². The molecule has 34 heavy (non-hydrogen) atoms. The van der Waals surface area contributed by atoms with E-state index in [0.717, 1.165) is 16.7 Å². The van der Waals surface area contributed by atoms with Gasteiger partial charge in [-0.05, 0) is 53.6 Å². The number of carbonyl (C=O) groups is 3. The van der Waals surface area contributed by atoms with Crippen molar-refractivity contribution in [3.8, 4) is 11.5 Å². The fourth-order valence-electron chi connectivity index (χ4n) is 3.16. The van der Waals surface area contributed by atoms with Crippen molar-refractivity contribution < 1.29 is 37.0 Å². The Morgan fingerprint density at radius 1 is 1.18 bits per heavy atom. The van der Waals surface area contributed by atoms with Crippen LogP contribution in [0.25, 0.3) is 6.08 Å². The number of imide groups is 1. The number of halogens is 3. The van der Waals surface area contributed by atoms with Gasteiger partial charge in [0.2, 0.25) is 5.91 Å². The number of nitrogens with zero attached hydrogens (tertiary/aromatic N) is 1. The molecule has 1 aliphatic rings. The lowest BCUT2D eigenvalue weighted by atomic mass is 10.1. The van der Waals surface area contributed by atoms with E-state index in [9.17, 15) is 27.6 Å². The van der Waals surface area contributed by atoms with Crippen LogP contribution in [-0.4, -0.2) is 48.8 Å². The fourth-order valence-corrected chi connectivity index (χ4v) is 4.02. The summed E-state index contributed by atoms with van der Waals surface area (Å²) in [5.74, 6) is -1.36. The number of rotatable bonds is 10. The first-order chi connectivity index (χ1) is 16.3. The van der Waals surface area contributed by atoms with Crippen LogP contribution in [0.15, 0.2) is 47.4 Å². The van der Waals surface area contributed by atoms with Gasteiger partial charge >= 0.3 is 6.61 Å². The Hall–Kier alpha value is -3.47. The summed E-state index contributed by atoms with van der Waals surface area (Å²) < 4.78 is 48.0. The number of benzene rings is 2. The minimum absolute atomic E-state index is 0.0298. The predicted molar refractivity (Wildman–Crippen MR) is 120 cm³/mol. The first kappa shape index (κ1) is 25.2. The summed E-state index contributed by atoms with van der Waals surface area (Å²) in [7, 11) is 1.29. The molecule has 0 radical (unpaired) electrons. The molecule has 1 heterocycles. The van der Waals surface area contributed by atoms with Crippen molar-refractivity contribution in [2.45, 2.75) is 19.5 Å². The minimum Gasteiger partial charge on any atom is -0.493 e. The Bertz CT molecular complexity index is 1110. The minimum atomic E-state index is -3.02. The maximum atomic E-state index is 13.6. The topological polar surface area (TPSA) is 84.9 Å². The Morgan fingerprint density at radius 3 is 2.65 bits per heavy atom. The summed E-state index contributed by atoms with van der Waals surface area (Å²) in [5, 5.41) is 2.12. The van der Waals surface area contributed by atoms with Crippen molar-refractivity contribution in [1.29, 1.82) is 0 Å². The van der Waals surface area contributed by atoms with Crippen molar-refractivity contribution in [2.24, 2.45) is 0 Å². The molecule has 2 aromatic carbocycles. The second-order valence-electron chi connectivity index (χ2n) is 7.06. The zero-order chi connectivity index (χ0) is 24.7. The van der Waals surface area contributed by atoms with Crippen LogP contribution in [-0.2, 0) is 16.0 Å². The highest BCUT2D eigenvalue weighted by molar-refractivity contribution is 8.18. The van der Waals surface area contributed by atoms with E-state index < -0.39 is 17.8 Å². The molecule has 1 fully saturated rings. The maximum Gasteiger partial charge on any atom is 0.387 e. The number of ether oxygens (including phenoxy) is 2. The molecule has 11 heteroatoms. The average Bonchev–Trinajstić information content (AvgIpc) is 3.06. The molecule has 0 saturated carbocycles. The van der Waals surface area contributed by atoms with Crippen LogP contribution in [0.4, 0.5) is 18.0 Å². The van der Waals surface area contributed by atoms with Crippen LogP contribution >= 0.6 is 11.8 Å². The third kappa shape index (κ3) is 6.53. The van der Waals surface area contributed by atoms with Crippen LogP contribution in [0.3, 0.4) is 0 Å². The summed E-state index contributed by atoms with van der Waals surface area (Å²) in [6, 6.07) is 10.3. The molecular formula is C23H21F3N2O5S. The molecule has 3 rings (SSSR count). The summed E-state index contributed by atoms with van der Waals surface area (Å²) >= 11 is 0.725.